The van der Waals surface area contributed by atoms with Crippen molar-refractivity contribution in [2.24, 2.45) is 0 Å². The van der Waals surface area contributed by atoms with Gasteiger partial charge in [-0.25, -0.2) is 0 Å². The van der Waals surface area contributed by atoms with E-state index in [1.807, 2.05) is 54.6 Å². The second kappa shape index (κ2) is 7.85. The largest absolute Gasteiger partial charge is 0.492 e. The number of para-hydroxylation sites is 1. The summed E-state index contributed by atoms with van der Waals surface area (Å²) in [6, 6.07) is 17.6. The molecule has 2 aromatic rings. The first-order valence-corrected chi connectivity index (χ1v) is 8.08. The van der Waals surface area contributed by atoms with Crippen LogP contribution in [0.5, 0.6) is 17.2 Å². The Hall–Kier alpha value is -2.00. The first kappa shape index (κ1) is 14.9. The minimum absolute atomic E-state index is 0.749. The van der Waals surface area contributed by atoms with E-state index >= 15 is 0 Å². The summed E-state index contributed by atoms with van der Waals surface area (Å²) in [4.78, 5) is 2.48. The summed E-state index contributed by atoms with van der Waals surface area (Å²) in [5, 5.41) is 0. The van der Waals surface area contributed by atoms with Gasteiger partial charge in [-0.05, 0) is 62.3 Å². The van der Waals surface area contributed by atoms with Crippen molar-refractivity contribution >= 4 is 0 Å². The molecule has 3 rings (SSSR count). The normalized spacial score (nSPS) is 15.5. The van der Waals surface area contributed by atoms with Crippen molar-refractivity contribution < 1.29 is 9.47 Å². The van der Waals surface area contributed by atoms with Crippen LogP contribution in [0.4, 0.5) is 0 Å². The number of piperidine rings is 1. The highest BCUT2D eigenvalue weighted by Crippen LogP contribution is 2.23. The number of rotatable bonds is 6. The van der Waals surface area contributed by atoms with Crippen molar-refractivity contribution in [1.29, 1.82) is 0 Å². The summed E-state index contributed by atoms with van der Waals surface area (Å²) >= 11 is 0. The predicted molar refractivity (Wildman–Crippen MR) is 88.7 cm³/mol. The number of ether oxygens (including phenoxy) is 2. The zero-order valence-electron chi connectivity index (χ0n) is 12.9. The van der Waals surface area contributed by atoms with Gasteiger partial charge in [-0.15, -0.1) is 0 Å². The molecule has 0 saturated carbocycles. The van der Waals surface area contributed by atoms with Gasteiger partial charge in [0, 0.05) is 6.54 Å². The molecule has 0 radical (unpaired) electrons. The van der Waals surface area contributed by atoms with Gasteiger partial charge < -0.3 is 9.47 Å². The predicted octanol–water partition coefficient (Wildman–Crippen LogP) is 4.34. The van der Waals surface area contributed by atoms with Gasteiger partial charge in [0.15, 0.2) is 0 Å². The van der Waals surface area contributed by atoms with Crippen molar-refractivity contribution in [3.05, 3.63) is 54.6 Å². The molecular weight excluding hydrogens is 274 g/mol. The van der Waals surface area contributed by atoms with E-state index in [-0.39, 0.29) is 0 Å². The average molecular weight is 297 g/mol. The Morgan fingerprint density at radius 2 is 1.36 bits per heavy atom. The molecule has 22 heavy (non-hydrogen) atoms. The molecule has 1 aliphatic heterocycles. The van der Waals surface area contributed by atoms with Gasteiger partial charge in [0.25, 0.3) is 0 Å². The minimum Gasteiger partial charge on any atom is -0.492 e. The third-order valence-corrected chi connectivity index (χ3v) is 3.93. The molecule has 0 aromatic heterocycles. The van der Waals surface area contributed by atoms with Crippen LogP contribution in [-0.2, 0) is 0 Å². The topological polar surface area (TPSA) is 21.7 Å². The Morgan fingerprint density at radius 3 is 2.09 bits per heavy atom. The van der Waals surface area contributed by atoms with Crippen LogP contribution in [0.15, 0.2) is 54.6 Å². The van der Waals surface area contributed by atoms with Gasteiger partial charge >= 0.3 is 0 Å². The Kier molecular flexibility index (Phi) is 5.32. The highest BCUT2D eigenvalue weighted by atomic mass is 16.5. The second-order valence-electron chi connectivity index (χ2n) is 5.64. The van der Waals surface area contributed by atoms with Crippen LogP contribution in [0.25, 0.3) is 0 Å². The molecule has 0 amide bonds. The first-order valence-electron chi connectivity index (χ1n) is 8.08. The van der Waals surface area contributed by atoms with E-state index in [4.69, 9.17) is 9.47 Å². The molecule has 0 aliphatic carbocycles. The van der Waals surface area contributed by atoms with Gasteiger partial charge in [0.1, 0.15) is 23.9 Å². The molecule has 0 atom stereocenters. The molecule has 1 heterocycles. The van der Waals surface area contributed by atoms with E-state index in [0.29, 0.717) is 0 Å². The van der Waals surface area contributed by atoms with Crippen molar-refractivity contribution in [3.63, 3.8) is 0 Å². The van der Waals surface area contributed by atoms with Crippen LogP contribution in [0.3, 0.4) is 0 Å². The SMILES string of the molecule is c1ccc(Oc2ccc(OCCN3CCCCC3)cc2)cc1. The van der Waals surface area contributed by atoms with Gasteiger partial charge in [-0.1, -0.05) is 24.6 Å². The number of likely N-dealkylation sites (tertiary alicyclic amines) is 1. The highest BCUT2D eigenvalue weighted by Gasteiger charge is 2.09. The van der Waals surface area contributed by atoms with Gasteiger partial charge in [0.05, 0.1) is 0 Å². The van der Waals surface area contributed by atoms with E-state index in [0.717, 1.165) is 30.4 Å². The monoisotopic (exact) mass is 297 g/mol. The first-order chi connectivity index (χ1) is 10.9. The third-order valence-electron chi connectivity index (χ3n) is 3.93. The zero-order valence-corrected chi connectivity index (χ0v) is 12.9. The van der Waals surface area contributed by atoms with Crippen molar-refractivity contribution in [2.75, 3.05) is 26.2 Å². The number of nitrogens with zero attached hydrogens (tertiary/aromatic N) is 1. The molecular formula is C19H23NO2. The van der Waals surface area contributed by atoms with Crippen molar-refractivity contribution in [1.82, 2.24) is 4.90 Å². The molecule has 2 aromatic carbocycles. The van der Waals surface area contributed by atoms with Crippen molar-refractivity contribution in [3.8, 4) is 17.2 Å². The molecule has 0 bridgehead atoms. The van der Waals surface area contributed by atoms with Crippen LogP contribution in [0, 0.1) is 0 Å². The second-order valence-corrected chi connectivity index (χ2v) is 5.64. The summed E-state index contributed by atoms with van der Waals surface area (Å²) in [5.74, 6) is 2.58. The Labute approximate surface area is 132 Å². The molecule has 1 aliphatic rings. The van der Waals surface area contributed by atoms with E-state index in [9.17, 15) is 0 Å². The summed E-state index contributed by atoms with van der Waals surface area (Å²) in [6.07, 6.45) is 4.03. The molecule has 3 heteroatoms. The Balaban J connectivity index is 1.45. The highest BCUT2D eigenvalue weighted by molar-refractivity contribution is 5.35. The lowest BCUT2D eigenvalue weighted by Crippen LogP contribution is -2.33. The maximum atomic E-state index is 5.82. The summed E-state index contributed by atoms with van der Waals surface area (Å²) in [5.41, 5.74) is 0. The lowest BCUT2D eigenvalue weighted by atomic mass is 10.1. The number of hydrogen-bond donors (Lipinski definition) is 0. The van der Waals surface area contributed by atoms with E-state index < -0.39 is 0 Å². The van der Waals surface area contributed by atoms with Crippen molar-refractivity contribution in [2.45, 2.75) is 19.3 Å². The fourth-order valence-corrected chi connectivity index (χ4v) is 2.70. The molecule has 116 valence electrons. The number of benzene rings is 2. The standard InChI is InChI=1S/C19H23NO2/c1-3-7-18(8-4-1)22-19-11-9-17(10-12-19)21-16-15-20-13-5-2-6-14-20/h1,3-4,7-12H,2,5-6,13-16H2. The lowest BCUT2D eigenvalue weighted by Gasteiger charge is -2.26. The van der Waals surface area contributed by atoms with Crippen LogP contribution in [-0.4, -0.2) is 31.1 Å². The molecule has 1 fully saturated rings. The zero-order chi connectivity index (χ0) is 15.0. The third kappa shape index (κ3) is 4.50. The Bertz CT molecular complexity index is 547. The molecule has 0 spiro atoms. The van der Waals surface area contributed by atoms with Crippen LogP contribution >= 0.6 is 0 Å². The maximum absolute atomic E-state index is 5.82. The smallest absolute Gasteiger partial charge is 0.127 e. The van der Waals surface area contributed by atoms with Crippen LogP contribution < -0.4 is 9.47 Å². The quantitative estimate of drug-likeness (QED) is 0.791. The van der Waals surface area contributed by atoms with E-state index in [1.165, 1.54) is 32.4 Å². The van der Waals surface area contributed by atoms with Gasteiger partial charge in [-0.3, -0.25) is 4.90 Å². The fraction of sp³-hybridized carbons (Fsp3) is 0.368. The maximum Gasteiger partial charge on any atom is 0.127 e. The lowest BCUT2D eigenvalue weighted by molar-refractivity contribution is 0.183. The fourth-order valence-electron chi connectivity index (χ4n) is 2.70. The number of hydrogen-bond acceptors (Lipinski definition) is 3. The average Bonchev–Trinajstić information content (AvgIpc) is 2.58. The van der Waals surface area contributed by atoms with E-state index in [1.54, 1.807) is 0 Å². The summed E-state index contributed by atoms with van der Waals surface area (Å²) in [6.45, 7) is 4.20. The molecule has 0 N–H and O–H groups in total. The Morgan fingerprint density at radius 1 is 0.727 bits per heavy atom. The molecule has 0 unspecified atom stereocenters. The van der Waals surface area contributed by atoms with Crippen LogP contribution in [0.2, 0.25) is 0 Å². The van der Waals surface area contributed by atoms with E-state index in [2.05, 4.69) is 4.90 Å². The molecule has 3 nitrogen and oxygen atoms in total. The van der Waals surface area contributed by atoms with Crippen LogP contribution in [0.1, 0.15) is 19.3 Å². The minimum atomic E-state index is 0.749. The van der Waals surface area contributed by atoms with Gasteiger partial charge in [0.2, 0.25) is 0 Å². The summed E-state index contributed by atoms with van der Waals surface area (Å²) in [7, 11) is 0. The molecule has 1 saturated heterocycles. The van der Waals surface area contributed by atoms with Gasteiger partial charge in [-0.2, -0.15) is 0 Å². The summed E-state index contributed by atoms with van der Waals surface area (Å²) < 4.78 is 11.6.